The van der Waals surface area contributed by atoms with Crippen LogP contribution in [-0.2, 0) is 13.0 Å². The van der Waals surface area contributed by atoms with E-state index in [-0.39, 0.29) is 0 Å². The molecule has 4 nitrogen and oxygen atoms in total. The first-order valence-electron chi connectivity index (χ1n) is 6.08. The topological polar surface area (TPSA) is 42.7 Å². The molecule has 0 aliphatic heterocycles. The fourth-order valence-electron chi connectivity index (χ4n) is 1.94. The van der Waals surface area contributed by atoms with Gasteiger partial charge in [-0.2, -0.15) is 5.10 Å². The van der Waals surface area contributed by atoms with Gasteiger partial charge in [-0.25, -0.2) is 9.67 Å². The van der Waals surface area contributed by atoms with E-state index in [0.29, 0.717) is 0 Å². The van der Waals surface area contributed by atoms with Crippen molar-refractivity contribution in [3.8, 4) is 5.82 Å². The van der Waals surface area contributed by atoms with Crippen molar-refractivity contribution in [3.63, 3.8) is 0 Å². The molecular weight excluding hydrogens is 292 g/mol. The van der Waals surface area contributed by atoms with Gasteiger partial charge in [-0.05, 0) is 41.5 Å². The molecule has 18 heavy (non-hydrogen) atoms. The quantitative estimate of drug-likeness (QED) is 0.923. The minimum atomic E-state index is 0.839. The third-order valence-corrected chi connectivity index (χ3v) is 3.21. The lowest BCUT2D eigenvalue weighted by Crippen LogP contribution is -2.09. The molecule has 0 fully saturated rings. The SMILES string of the molecule is CCCc1c(CNC)cnn1-c1ccc(Br)cn1. The number of halogens is 1. The zero-order chi connectivity index (χ0) is 13.0. The maximum Gasteiger partial charge on any atom is 0.153 e. The third-order valence-electron chi connectivity index (χ3n) is 2.74. The Bertz CT molecular complexity index is 504. The number of aromatic nitrogens is 3. The Kier molecular flexibility index (Phi) is 4.49. The molecule has 2 aromatic rings. The van der Waals surface area contributed by atoms with Gasteiger partial charge in [0.05, 0.1) is 11.9 Å². The second kappa shape index (κ2) is 6.11. The summed E-state index contributed by atoms with van der Waals surface area (Å²) < 4.78 is 2.91. The van der Waals surface area contributed by atoms with Crippen molar-refractivity contribution in [1.29, 1.82) is 0 Å². The molecule has 0 aliphatic rings. The summed E-state index contributed by atoms with van der Waals surface area (Å²) in [5, 5.41) is 7.63. The Morgan fingerprint density at radius 2 is 2.17 bits per heavy atom. The molecule has 0 aliphatic carbocycles. The van der Waals surface area contributed by atoms with Gasteiger partial charge < -0.3 is 5.32 Å². The van der Waals surface area contributed by atoms with Crippen LogP contribution in [0.1, 0.15) is 24.6 Å². The van der Waals surface area contributed by atoms with E-state index < -0.39 is 0 Å². The van der Waals surface area contributed by atoms with Gasteiger partial charge in [0.1, 0.15) is 0 Å². The summed E-state index contributed by atoms with van der Waals surface area (Å²) in [5.74, 6) is 0.865. The molecule has 0 aromatic carbocycles. The Morgan fingerprint density at radius 3 is 2.78 bits per heavy atom. The second-order valence-corrected chi connectivity index (χ2v) is 5.06. The van der Waals surface area contributed by atoms with Crippen LogP contribution in [0.15, 0.2) is 29.0 Å². The maximum absolute atomic E-state index is 4.45. The molecule has 96 valence electrons. The van der Waals surface area contributed by atoms with Crippen LogP contribution in [0.4, 0.5) is 0 Å². The van der Waals surface area contributed by atoms with E-state index in [1.807, 2.05) is 30.1 Å². The predicted molar refractivity (Wildman–Crippen MR) is 75.8 cm³/mol. The molecule has 0 saturated heterocycles. The minimum absolute atomic E-state index is 0.839. The first-order chi connectivity index (χ1) is 8.76. The Hall–Kier alpha value is -1.20. The van der Waals surface area contributed by atoms with Crippen molar-refractivity contribution in [2.75, 3.05) is 7.05 Å². The van der Waals surface area contributed by atoms with Gasteiger partial charge in [-0.15, -0.1) is 0 Å². The van der Waals surface area contributed by atoms with E-state index in [1.54, 1.807) is 6.20 Å². The van der Waals surface area contributed by atoms with Gasteiger partial charge in [0.2, 0.25) is 0 Å². The summed E-state index contributed by atoms with van der Waals surface area (Å²) in [7, 11) is 1.95. The summed E-state index contributed by atoms with van der Waals surface area (Å²) in [5.41, 5.74) is 2.48. The summed E-state index contributed by atoms with van der Waals surface area (Å²) in [6, 6.07) is 3.96. The molecular formula is C13H17BrN4. The van der Waals surface area contributed by atoms with Gasteiger partial charge in [0, 0.05) is 22.8 Å². The smallest absolute Gasteiger partial charge is 0.153 e. The fraction of sp³-hybridized carbons (Fsp3) is 0.385. The van der Waals surface area contributed by atoms with Crippen molar-refractivity contribution in [3.05, 3.63) is 40.3 Å². The highest BCUT2D eigenvalue weighted by molar-refractivity contribution is 9.10. The molecule has 2 heterocycles. The van der Waals surface area contributed by atoms with Gasteiger partial charge in [-0.3, -0.25) is 0 Å². The molecule has 0 atom stereocenters. The lowest BCUT2D eigenvalue weighted by Gasteiger charge is -2.08. The number of pyridine rings is 1. The van der Waals surface area contributed by atoms with Crippen LogP contribution < -0.4 is 5.32 Å². The van der Waals surface area contributed by atoms with Crippen LogP contribution in [0.3, 0.4) is 0 Å². The van der Waals surface area contributed by atoms with E-state index in [0.717, 1.165) is 29.7 Å². The Morgan fingerprint density at radius 1 is 1.33 bits per heavy atom. The standard InChI is InChI=1S/C13H17BrN4/c1-3-4-12-10(7-15-2)8-17-18(12)13-6-5-11(14)9-16-13/h5-6,8-9,15H,3-4,7H2,1-2H3. The first kappa shape index (κ1) is 13.2. The average Bonchev–Trinajstić information content (AvgIpc) is 2.75. The fourth-order valence-corrected chi connectivity index (χ4v) is 2.17. The van der Waals surface area contributed by atoms with E-state index in [4.69, 9.17) is 0 Å². The summed E-state index contributed by atoms with van der Waals surface area (Å²) in [6.07, 6.45) is 5.82. The van der Waals surface area contributed by atoms with Crippen molar-refractivity contribution in [2.24, 2.45) is 0 Å². The zero-order valence-electron chi connectivity index (χ0n) is 10.7. The molecule has 2 rings (SSSR count). The number of hydrogen-bond acceptors (Lipinski definition) is 3. The van der Waals surface area contributed by atoms with E-state index in [2.05, 4.69) is 38.3 Å². The normalized spacial score (nSPS) is 10.8. The molecule has 0 bridgehead atoms. The molecule has 5 heteroatoms. The Balaban J connectivity index is 2.40. The lowest BCUT2D eigenvalue weighted by atomic mass is 10.1. The molecule has 0 amide bonds. The average molecular weight is 309 g/mol. The number of rotatable bonds is 5. The maximum atomic E-state index is 4.45. The Labute approximate surface area is 116 Å². The lowest BCUT2D eigenvalue weighted by molar-refractivity contribution is 0.738. The molecule has 0 unspecified atom stereocenters. The molecule has 0 saturated carbocycles. The summed E-state index contributed by atoms with van der Waals surface area (Å²) in [6.45, 7) is 3.02. The van der Waals surface area contributed by atoms with Crippen molar-refractivity contribution in [1.82, 2.24) is 20.1 Å². The van der Waals surface area contributed by atoms with Gasteiger partial charge in [0.15, 0.2) is 5.82 Å². The molecule has 0 radical (unpaired) electrons. The van der Waals surface area contributed by atoms with E-state index >= 15 is 0 Å². The summed E-state index contributed by atoms with van der Waals surface area (Å²) in [4.78, 5) is 4.40. The minimum Gasteiger partial charge on any atom is -0.316 e. The third kappa shape index (κ3) is 2.79. The van der Waals surface area contributed by atoms with Gasteiger partial charge >= 0.3 is 0 Å². The van der Waals surface area contributed by atoms with Crippen LogP contribution in [0.25, 0.3) is 5.82 Å². The van der Waals surface area contributed by atoms with Crippen molar-refractivity contribution in [2.45, 2.75) is 26.3 Å². The number of nitrogens with zero attached hydrogens (tertiary/aromatic N) is 3. The largest absolute Gasteiger partial charge is 0.316 e. The van der Waals surface area contributed by atoms with Crippen LogP contribution in [-0.4, -0.2) is 21.8 Å². The molecule has 0 spiro atoms. The highest BCUT2D eigenvalue weighted by atomic mass is 79.9. The van der Waals surface area contributed by atoms with E-state index in [9.17, 15) is 0 Å². The van der Waals surface area contributed by atoms with E-state index in [1.165, 1.54) is 11.3 Å². The van der Waals surface area contributed by atoms with Crippen molar-refractivity contribution < 1.29 is 0 Å². The molecule has 1 N–H and O–H groups in total. The van der Waals surface area contributed by atoms with Crippen LogP contribution >= 0.6 is 15.9 Å². The van der Waals surface area contributed by atoms with Crippen LogP contribution in [0.5, 0.6) is 0 Å². The van der Waals surface area contributed by atoms with Gasteiger partial charge in [0.25, 0.3) is 0 Å². The van der Waals surface area contributed by atoms with Crippen LogP contribution in [0, 0.1) is 0 Å². The highest BCUT2D eigenvalue weighted by Gasteiger charge is 2.11. The highest BCUT2D eigenvalue weighted by Crippen LogP contribution is 2.17. The predicted octanol–water partition coefficient (Wildman–Crippen LogP) is 2.70. The zero-order valence-corrected chi connectivity index (χ0v) is 12.2. The van der Waals surface area contributed by atoms with Crippen LogP contribution in [0.2, 0.25) is 0 Å². The first-order valence-corrected chi connectivity index (χ1v) is 6.87. The second-order valence-electron chi connectivity index (χ2n) is 4.14. The summed E-state index contributed by atoms with van der Waals surface area (Å²) >= 11 is 3.40. The number of nitrogens with one attached hydrogen (secondary N) is 1. The molecule has 2 aromatic heterocycles. The number of hydrogen-bond donors (Lipinski definition) is 1. The van der Waals surface area contributed by atoms with Gasteiger partial charge in [-0.1, -0.05) is 13.3 Å². The van der Waals surface area contributed by atoms with Crippen molar-refractivity contribution >= 4 is 15.9 Å². The monoisotopic (exact) mass is 308 g/mol.